The SMILES string of the molecule is CNC(C(=O)O)C(NC)c1ccc(C)cc1C. The van der Waals surface area contributed by atoms with Gasteiger partial charge in [-0.05, 0) is 39.1 Å². The molecule has 1 aromatic carbocycles. The van der Waals surface area contributed by atoms with Gasteiger partial charge in [-0.25, -0.2) is 0 Å². The summed E-state index contributed by atoms with van der Waals surface area (Å²) in [4.78, 5) is 11.2. The Bertz CT molecular complexity index is 404. The summed E-state index contributed by atoms with van der Waals surface area (Å²) in [5.41, 5.74) is 3.29. The van der Waals surface area contributed by atoms with Crippen LogP contribution in [0.3, 0.4) is 0 Å². The van der Waals surface area contributed by atoms with Gasteiger partial charge in [0.05, 0.1) is 6.04 Å². The molecule has 0 amide bonds. The van der Waals surface area contributed by atoms with Crippen LogP contribution in [0.25, 0.3) is 0 Å². The maximum Gasteiger partial charge on any atom is 0.322 e. The number of hydrogen-bond donors (Lipinski definition) is 3. The van der Waals surface area contributed by atoms with Gasteiger partial charge in [-0.3, -0.25) is 4.79 Å². The van der Waals surface area contributed by atoms with E-state index in [9.17, 15) is 9.90 Å². The first kappa shape index (κ1) is 13.7. The quantitative estimate of drug-likeness (QED) is 0.720. The number of rotatable bonds is 5. The molecule has 0 bridgehead atoms. The summed E-state index contributed by atoms with van der Waals surface area (Å²) >= 11 is 0. The van der Waals surface area contributed by atoms with Gasteiger partial charge in [0.15, 0.2) is 0 Å². The van der Waals surface area contributed by atoms with Gasteiger partial charge in [-0.15, -0.1) is 0 Å². The van der Waals surface area contributed by atoms with Gasteiger partial charge in [-0.1, -0.05) is 23.8 Å². The maximum atomic E-state index is 11.2. The maximum absolute atomic E-state index is 11.2. The van der Waals surface area contributed by atoms with Crippen molar-refractivity contribution in [3.63, 3.8) is 0 Å². The molecule has 2 unspecified atom stereocenters. The molecule has 0 fully saturated rings. The topological polar surface area (TPSA) is 61.4 Å². The second-order valence-electron chi connectivity index (χ2n) is 4.23. The van der Waals surface area contributed by atoms with Crippen LogP contribution in [-0.4, -0.2) is 31.2 Å². The van der Waals surface area contributed by atoms with E-state index >= 15 is 0 Å². The van der Waals surface area contributed by atoms with Gasteiger partial charge in [0.1, 0.15) is 6.04 Å². The van der Waals surface area contributed by atoms with Crippen LogP contribution in [0.5, 0.6) is 0 Å². The van der Waals surface area contributed by atoms with Crippen molar-refractivity contribution in [2.24, 2.45) is 0 Å². The van der Waals surface area contributed by atoms with Crippen LogP contribution in [0.1, 0.15) is 22.7 Å². The van der Waals surface area contributed by atoms with Crippen LogP contribution in [0.15, 0.2) is 18.2 Å². The second kappa shape index (κ2) is 5.80. The molecule has 1 rings (SSSR count). The van der Waals surface area contributed by atoms with E-state index in [1.807, 2.05) is 26.0 Å². The van der Waals surface area contributed by atoms with Crippen LogP contribution in [0, 0.1) is 13.8 Å². The van der Waals surface area contributed by atoms with Gasteiger partial charge in [0, 0.05) is 0 Å². The highest BCUT2D eigenvalue weighted by atomic mass is 16.4. The predicted octanol–water partition coefficient (Wildman–Crippen LogP) is 1.24. The highest BCUT2D eigenvalue weighted by Gasteiger charge is 2.27. The number of carboxylic acids is 1. The summed E-state index contributed by atoms with van der Waals surface area (Å²) < 4.78 is 0. The fourth-order valence-electron chi connectivity index (χ4n) is 2.11. The highest BCUT2D eigenvalue weighted by molar-refractivity contribution is 5.75. The molecule has 0 heterocycles. The second-order valence-corrected chi connectivity index (χ2v) is 4.23. The molecule has 17 heavy (non-hydrogen) atoms. The van der Waals surface area contributed by atoms with E-state index < -0.39 is 12.0 Å². The third kappa shape index (κ3) is 3.05. The molecule has 0 spiro atoms. The average molecular weight is 236 g/mol. The lowest BCUT2D eigenvalue weighted by Crippen LogP contribution is -2.44. The summed E-state index contributed by atoms with van der Waals surface area (Å²) in [6.07, 6.45) is 0. The van der Waals surface area contributed by atoms with E-state index in [1.54, 1.807) is 14.1 Å². The Hall–Kier alpha value is -1.39. The van der Waals surface area contributed by atoms with Crippen molar-refractivity contribution in [1.29, 1.82) is 0 Å². The molecule has 0 aliphatic rings. The number of carboxylic acid groups (broad SMARTS) is 1. The molecule has 1 aromatic rings. The molecule has 0 aliphatic carbocycles. The molecular formula is C13H20N2O2. The predicted molar refractivity (Wildman–Crippen MR) is 68.2 cm³/mol. The molecule has 0 aromatic heterocycles. The standard InChI is InChI=1S/C13H20N2O2/c1-8-5-6-10(9(2)7-8)11(14-3)12(15-4)13(16)17/h5-7,11-12,14-15H,1-4H3,(H,16,17). The third-order valence-electron chi connectivity index (χ3n) is 2.98. The summed E-state index contributed by atoms with van der Waals surface area (Å²) in [7, 11) is 3.43. The molecule has 3 N–H and O–H groups in total. The Morgan fingerprint density at radius 2 is 1.88 bits per heavy atom. The largest absolute Gasteiger partial charge is 0.480 e. The highest BCUT2D eigenvalue weighted by Crippen LogP contribution is 2.21. The van der Waals surface area contributed by atoms with Crippen molar-refractivity contribution in [1.82, 2.24) is 10.6 Å². The van der Waals surface area contributed by atoms with Crippen molar-refractivity contribution in [3.05, 3.63) is 34.9 Å². The van der Waals surface area contributed by atoms with E-state index in [4.69, 9.17) is 0 Å². The zero-order chi connectivity index (χ0) is 13.0. The lowest BCUT2D eigenvalue weighted by molar-refractivity contribution is -0.140. The van der Waals surface area contributed by atoms with Crippen molar-refractivity contribution >= 4 is 5.97 Å². The fraction of sp³-hybridized carbons (Fsp3) is 0.462. The molecule has 94 valence electrons. The number of aryl methyl sites for hydroxylation is 2. The molecule has 4 nitrogen and oxygen atoms in total. The van der Waals surface area contributed by atoms with Gasteiger partial charge < -0.3 is 15.7 Å². The minimum absolute atomic E-state index is 0.238. The summed E-state index contributed by atoms with van der Waals surface area (Å²) in [6.45, 7) is 4.03. The summed E-state index contributed by atoms with van der Waals surface area (Å²) in [5.74, 6) is -0.855. The zero-order valence-electron chi connectivity index (χ0n) is 10.7. The number of carbonyl (C=O) groups is 1. The van der Waals surface area contributed by atoms with Gasteiger partial charge in [-0.2, -0.15) is 0 Å². The Kier molecular flexibility index (Phi) is 4.66. The number of hydrogen-bond acceptors (Lipinski definition) is 3. The van der Waals surface area contributed by atoms with Crippen molar-refractivity contribution in [2.45, 2.75) is 25.9 Å². The first-order chi connectivity index (χ1) is 8.01. The Morgan fingerprint density at radius 3 is 2.29 bits per heavy atom. The monoisotopic (exact) mass is 236 g/mol. The van der Waals surface area contributed by atoms with Crippen molar-refractivity contribution < 1.29 is 9.90 Å². The van der Waals surface area contributed by atoms with Crippen LogP contribution < -0.4 is 10.6 Å². The van der Waals surface area contributed by atoms with E-state index in [-0.39, 0.29) is 6.04 Å². The number of benzene rings is 1. The van der Waals surface area contributed by atoms with Crippen LogP contribution in [-0.2, 0) is 4.79 Å². The Morgan fingerprint density at radius 1 is 1.24 bits per heavy atom. The van der Waals surface area contributed by atoms with Crippen LogP contribution in [0.4, 0.5) is 0 Å². The van der Waals surface area contributed by atoms with E-state index in [0.717, 1.165) is 11.1 Å². The van der Waals surface area contributed by atoms with E-state index in [0.29, 0.717) is 0 Å². The summed E-state index contributed by atoms with van der Waals surface area (Å²) in [5, 5.41) is 15.1. The first-order valence-corrected chi connectivity index (χ1v) is 5.65. The third-order valence-corrected chi connectivity index (χ3v) is 2.98. The Balaban J connectivity index is 3.12. The lowest BCUT2D eigenvalue weighted by atomic mass is 9.94. The molecule has 0 saturated heterocycles. The molecule has 4 heteroatoms. The molecule has 0 radical (unpaired) electrons. The number of likely N-dealkylation sites (N-methyl/N-ethyl adjacent to an activating group) is 2. The smallest absolute Gasteiger partial charge is 0.322 e. The average Bonchev–Trinajstić information content (AvgIpc) is 2.26. The van der Waals surface area contributed by atoms with Gasteiger partial charge in [0.2, 0.25) is 0 Å². The lowest BCUT2D eigenvalue weighted by Gasteiger charge is -2.25. The van der Waals surface area contributed by atoms with Crippen molar-refractivity contribution in [3.8, 4) is 0 Å². The molecular weight excluding hydrogens is 216 g/mol. The molecule has 0 aliphatic heterocycles. The minimum Gasteiger partial charge on any atom is -0.480 e. The number of aliphatic carboxylic acids is 1. The van der Waals surface area contributed by atoms with Gasteiger partial charge >= 0.3 is 5.97 Å². The van der Waals surface area contributed by atoms with Crippen LogP contribution >= 0.6 is 0 Å². The first-order valence-electron chi connectivity index (χ1n) is 5.65. The zero-order valence-corrected chi connectivity index (χ0v) is 10.7. The minimum atomic E-state index is -0.855. The van der Waals surface area contributed by atoms with E-state index in [2.05, 4.69) is 16.7 Å². The fourth-order valence-corrected chi connectivity index (χ4v) is 2.11. The summed E-state index contributed by atoms with van der Waals surface area (Å²) in [6, 6.07) is 5.17. The van der Waals surface area contributed by atoms with E-state index in [1.165, 1.54) is 5.56 Å². The molecule has 0 saturated carbocycles. The normalized spacial score (nSPS) is 14.4. The van der Waals surface area contributed by atoms with Gasteiger partial charge in [0.25, 0.3) is 0 Å². The van der Waals surface area contributed by atoms with Crippen LogP contribution in [0.2, 0.25) is 0 Å². The van der Waals surface area contributed by atoms with Crippen molar-refractivity contribution in [2.75, 3.05) is 14.1 Å². The Labute approximate surface area is 102 Å². The molecule has 2 atom stereocenters. The number of nitrogens with one attached hydrogen (secondary N) is 2.